The number of rotatable bonds is 4. The zero-order chi connectivity index (χ0) is 20.7. The fraction of sp³-hybridized carbons (Fsp3) is 0.591. The summed E-state index contributed by atoms with van der Waals surface area (Å²) in [4.78, 5) is 21.2. The van der Waals surface area contributed by atoms with Crippen LogP contribution in [0.1, 0.15) is 36.2 Å². The van der Waals surface area contributed by atoms with Gasteiger partial charge in [0, 0.05) is 43.2 Å². The van der Waals surface area contributed by atoms with Gasteiger partial charge in [-0.3, -0.25) is 14.7 Å². The molecule has 2 aliphatic heterocycles. The summed E-state index contributed by atoms with van der Waals surface area (Å²) in [7, 11) is 0. The fourth-order valence-corrected chi connectivity index (χ4v) is 4.88. The lowest BCUT2D eigenvalue weighted by atomic mass is 9.90. The normalized spacial score (nSPS) is 21.9. The third-order valence-corrected chi connectivity index (χ3v) is 7.03. The number of fused-ring (bicyclic) bond motifs is 1. The minimum atomic E-state index is -0.0788. The highest BCUT2D eigenvalue weighted by molar-refractivity contribution is 5.78. The molecule has 0 unspecified atom stereocenters. The maximum atomic E-state index is 12.9. The van der Waals surface area contributed by atoms with E-state index >= 15 is 0 Å². The lowest BCUT2D eigenvalue weighted by Crippen LogP contribution is -2.63. The van der Waals surface area contributed by atoms with E-state index in [9.17, 15) is 10.0 Å². The maximum Gasteiger partial charge on any atom is 0.237 e. The third kappa shape index (κ3) is 3.75. The quantitative estimate of drug-likeness (QED) is 0.566. The zero-order valence-electron chi connectivity index (χ0n) is 17.7. The van der Waals surface area contributed by atoms with Crippen molar-refractivity contribution in [1.29, 1.82) is 0 Å². The minimum Gasteiger partial charge on any atom is -0.632 e. The van der Waals surface area contributed by atoms with Crippen LogP contribution in [0.4, 0.5) is 0 Å². The molecule has 1 saturated carbocycles. The number of hydroxylamine groups is 3. The van der Waals surface area contributed by atoms with Crippen LogP contribution < -0.4 is 0 Å². The second kappa shape index (κ2) is 7.76. The molecule has 30 heavy (non-hydrogen) atoms. The number of hydrogen-bond acceptors (Lipinski definition) is 5. The van der Waals surface area contributed by atoms with Crippen molar-refractivity contribution in [3.05, 3.63) is 46.7 Å². The van der Waals surface area contributed by atoms with Gasteiger partial charge >= 0.3 is 0 Å². The summed E-state index contributed by atoms with van der Waals surface area (Å²) in [6.45, 7) is 6.27. The van der Waals surface area contributed by atoms with Gasteiger partial charge in [-0.25, -0.2) is 4.68 Å². The van der Waals surface area contributed by atoms with Crippen molar-refractivity contribution < 1.29 is 9.44 Å². The molecule has 0 N–H and O–H groups in total. The van der Waals surface area contributed by atoms with Crippen molar-refractivity contribution in [2.24, 2.45) is 0 Å². The van der Waals surface area contributed by atoms with Crippen molar-refractivity contribution in [1.82, 2.24) is 24.6 Å². The molecule has 0 radical (unpaired) electrons. The van der Waals surface area contributed by atoms with Gasteiger partial charge in [-0.05, 0) is 38.3 Å². The van der Waals surface area contributed by atoms with Gasteiger partial charge < -0.3 is 14.8 Å². The molecule has 1 saturated heterocycles. The van der Waals surface area contributed by atoms with E-state index in [2.05, 4.69) is 16.1 Å². The zero-order valence-corrected chi connectivity index (χ0v) is 17.7. The molecule has 0 aromatic carbocycles. The summed E-state index contributed by atoms with van der Waals surface area (Å²) in [6.07, 6.45) is 8.02. The third-order valence-electron chi connectivity index (χ3n) is 7.03. The highest BCUT2D eigenvalue weighted by Crippen LogP contribution is 2.31. The van der Waals surface area contributed by atoms with Crippen LogP contribution in [0.5, 0.6) is 0 Å². The fourth-order valence-electron chi connectivity index (χ4n) is 4.88. The van der Waals surface area contributed by atoms with Gasteiger partial charge in [0.2, 0.25) is 5.91 Å². The van der Waals surface area contributed by atoms with Crippen LogP contribution in [0.2, 0.25) is 0 Å². The summed E-state index contributed by atoms with van der Waals surface area (Å²) in [5, 5.41) is 17.7. The first-order valence-corrected chi connectivity index (χ1v) is 11.1. The molecular formula is C22H30N6O2. The Hall–Kier alpha value is -2.29. The van der Waals surface area contributed by atoms with Crippen molar-refractivity contribution >= 4 is 5.91 Å². The number of aryl methyl sites for hydroxylation is 1. The average molecular weight is 411 g/mol. The van der Waals surface area contributed by atoms with E-state index in [1.807, 2.05) is 28.6 Å². The van der Waals surface area contributed by atoms with Crippen LogP contribution in [-0.2, 0) is 17.8 Å². The lowest BCUT2D eigenvalue weighted by Gasteiger charge is -2.55. The van der Waals surface area contributed by atoms with Crippen LogP contribution in [0.15, 0.2) is 24.5 Å². The molecule has 160 valence electrons. The van der Waals surface area contributed by atoms with Gasteiger partial charge in [-0.2, -0.15) is 5.10 Å². The molecule has 2 aromatic heterocycles. The molecular weight excluding hydrogens is 380 g/mol. The van der Waals surface area contributed by atoms with Gasteiger partial charge in [-0.1, -0.05) is 0 Å². The molecule has 4 heterocycles. The second-order valence-electron chi connectivity index (χ2n) is 9.03. The summed E-state index contributed by atoms with van der Waals surface area (Å²) >= 11 is 0. The minimum absolute atomic E-state index is 0.0788. The van der Waals surface area contributed by atoms with Gasteiger partial charge in [-0.15, -0.1) is 0 Å². The molecule has 1 amide bonds. The van der Waals surface area contributed by atoms with Crippen molar-refractivity contribution in [3.63, 3.8) is 0 Å². The Kier molecular flexibility index (Phi) is 5.08. The van der Waals surface area contributed by atoms with E-state index < -0.39 is 0 Å². The Labute approximate surface area is 177 Å². The number of carbonyl (C=O) groups excluding carboxylic acids is 1. The van der Waals surface area contributed by atoms with E-state index in [4.69, 9.17) is 5.10 Å². The van der Waals surface area contributed by atoms with Crippen LogP contribution in [0, 0.1) is 12.1 Å². The van der Waals surface area contributed by atoms with E-state index in [0.717, 1.165) is 49.4 Å². The van der Waals surface area contributed by atoms with Crippen molar-refractivity contribution in [2.45, 2.75) is 45.2 Å². The predicted octanol–water partition coefficient (Wildman–Crippen LogP) is 1.64. The first-order valence-electron chi connectivity index (χ1n) is 11.1. The number of aromatic nitrogens is 3. The number of quaternary nitrogens is 1. The summed E-state index contributed by atoms with van der Waals surface area (Å²) in [5.41, 5.74) is 4.27. The molecule has 2 aromatic rings. The molecule has 5 rings (SSSR count). The Balaban J connectivity index is 1.18. The molecule has 8 nitrogen and oxygen atoms in total. The summed E-state index contributed by atoms with van der Waals surface area (Å²) in [6, 6.07) is 4.26. The predicted molar refractivity (Wildman–Crippen MR) is 113 cm³/mol. The molecule has 1 aliphatic carbocycles. The Morgan fingerprint density at radius 3 is 2.77 bits per heavy atom. The Bertz CT molecular complexity index is 929. The summed E-state index contributed by atoms with van der Waals surface area (Å²) < 4.78 is 1.84. The van der Waals surface area contributed by atoms with Gasteiger partial charge in [0.1, 0.15) is 0 Å². The second-order valence-corrected chi connectivity index (χ2v) is 9.03. The van der Waals surface area contributed by atoms with Gasteiger partial charge in [0.25, 0.3) is 0 Å². The first-order chi connectivity index (χ1) is 14.5. The van der Waals surface area contributed by atoms with E-state index in [1.165, 1.54) is 12.0 Å². The SMILES string of the molecule is Cc1cc(-n2cc3c(n2)CCN(CC(=O)N2CC[N+]([O-])(C4CCC4)CC2)C3)ccn1. The Morgan fingerprint density at radius 2 is 2.07 bits per heavy atom. The largest absolute Gasteiger partial charge is 0.632 e. The number of hydrogen-bond donors (Lipinski definition) is 0. The van der Waals surface area contributed by atoms with Crippen LogP contribution in [0.25, 0.3) is 5.69 Å². The smallest absolute Gasteiger partial charge is 0.237 e. The molecule has 0 spiro atoms. The van der Waals surface area contributed by atoms with E-state index in [0.29, 0.717) is 32.7 Å². The molecule has 2 fully saturated rings. The van der Waals surface area contributed by atoms with E-state index in [-0.39, 0.29) is 16.6 Å². The first kappa shape index (κ1) is 19.7. The molecule has 0 atom stereocenters. The topological polar surface area (TPSA) is 77.3 Å². The van der Waals surface area contributed by atoms with Gasteiger partial charge in [0.05, 0.1) is 50.1 Å². The number of carbonyl (C=O) groups is 1. The molecule has 8 heteroatoms. The summed E-state index contributed by atoms with van der Waals surface area (Å²) in [5.74, 6) is 0.149. The molecule has 3 aliphatic rings. The van der Waals surface area contributed by atoms with Crippen molar-refractivity contribution in [3.8, 4) is 5.69 Å². The highest BCUT2D eigenvalue weighted by atomic mass is 16.5. The Morgan fingerprint density at radius 1 is 1.27 bits per heavy atom. The van der Waals surface area contributed by atoms with Crippen molar-refractivity contribution in [2.75, 3.05) is 39.3 Å². The van der Waals surface area contributed by atoms with Crippen LogP contribution in [0.3, 0.4) is 0 Å². The van der Waals surface area contributed by atoms with E-state index in [1.54, 1.807) is 6.20 Å². The number of nitrogens with zero attached hydrogens (tertiary/aromatic N) is 6. The average Bonchev–Trinajstić information content (AvgIpc) is 3.10. The van der Waals surface area contributed by atoms with Crippen LogP contribution >= 0.6 is 0 Å². The molecule has 0 bridgehead atoms. The monoisotopic (exact) mass is 410 g/mol. The standard InChI is InChI=1S/C22H30N6O2/c1-17-13-19(5-7-23-17)27-15-18-14-25(8-6-21(18)24-27)16-22(29)26-9-11-28(30,12-10-26)20-3-2-4-20/h5,7,13,15,20H,2-4,6,8-12,14,16H2,1H3. The van der Waals surface area contributed by atoms with Gasteiger partial charge in [0.15, 0.2) is 0 Å². The van der Waals surface area contributed by atoms with Crippen LogP contribution in [-0.4, -0.2) is 80.4 Å². The number of pyridine rings is 1. The number of amides is 1. The highest BCUT2D eigenvalue weighted by Gasteiger charge is 2.38. The maximum absolute atomic E-state index is 12.9. The lowest BCUT2D eigenvalue weighted by molar-refractivity contribution is -0.914. The number of piperazine rings is 1.